The molecule has 0 bridgehead atoms. The zero-order valence-electron chi connectivity index (χ0n) is 10.2. The monoisotopic (exact) mass is 331 g/mol. The van der Waals surface area contributed by atoms with E-state index in [1.807, 2.05) is 48.0 Å². The van der Waals surface area contributed by atoms with Crippen LogP contribution >= 0.6 is 27.3 Å². The van der Waals surface area contributed by atoms with Gasteiger partial charge in [0.25, 0.3) is 0 Å². The number of hydrogen-bond donors (Lipinski definition) is 0. The van der Waals surface area contributed by atoms with Crippen LogP contribution in [0.15, 0.2) is 45.6 Å². The van der Waals surface area contributed by atoms with E-state index in [9.17, 15) is 4.79 Å². The molecule has 0 spiro atoms. The number of thiophene rings is 1. The van der Waals surface area contributed by atoms with Crippen LogP contribution in [-0.2, 0) is 0 Å². The molecule has 0 aliphatic heterocycles. The Kier molecular flexibility index (Phi) is 3.21. The zero-order chi connectivity index (χ0) is 13.4. The SMILES string of the molecule is Cc1cc(C(=O)c2cscc2Br)nc2ccccc12. The van der Waals surface area contributed by atoms with E-state index in [4.69, 9.17) is 0 Å². The third-order valence-electron chi connectivity index (χ3n) is 3.01. The smallest absolute Gasteiger partial charge is 0.213 e. The fourth-order valence-electron chi connectivity index (χ4n) is 2.05. The van der Waals surface area contributed by atoms with Crippen LogP contribution in [0.1, 0.15) is 21.6 Å². The first-order chi connectivity index (χ1) is 9.16. The van der Waals surface area contributed by atoms with Gasteiger partial charge in [0.15, 0.2) is 0 Å². The molecule has 2 aromatic heterocycles. The lowest BCUT2D eigenvalue weighted by molar-refractivity contribution is 0.103. The molecule has 0 amide bonds. The fourth-order valence-corrected chi connectivity index (χ4v) is 3.50. The second-order valence-electron chi connectivity index (χ2n) is 4.30. The number of carbonyl (C=O) groups is 1. The minimum atomic E-state index is -0.0398. The van der Waals surface area contributed by atoms with Crippen LogP contribution in [0.25, 0.3) is 10.9 Å². The Balaban J connectivity index is 2.16. The van der Waals surface area contributed by atoms with Crippen LogP contribution in [0, 0.1) is 6.92 Å². The van der Waals surface area contributed by atoms with Gasteiger partial charge in [-0.2, -0.15) is 11.3 Å². The maximum absolute atomic E-state index is 12.4. The van der Waals surface area contributed by atoms with E-state index in [1.54, 1.807) is 0 Å². The standard InChI is InChI=1S/C15H10BrNOS/c1-9-6-14(15(18)11-7-19-8-12(11)16)17-13-5-3-2-4-10(9)13/h2-8H,1H3. The molecule has 19 heavy (non-hydrogen) atoms. The molecule has 2 heterocycles. The molecule has 0 radical (unpaired) electrons. The highest BCUT2D eigenvalue weighted by Crippen LogP contribution is 2.25. The highest BCUT2D eigenvalue weighted by molar-refractivity contribution is 9.10. The summed E-state index contributed by atoms with van der Waals surface area (Å²) in [5.74, 6) is -0.0398. The summed E-state index contributed by atoms with van der Waals surface area (Å²) in [6.07, 6.45) is 0. The van der Waals surface area contributed by atoms with Crippen molar-refractivity contribution in [2.24, 2.45) is 0 Å². The summed E-state index contributed by atoms with van der Waals surface area (Å²) in [6.45, 7) is 2.00. The third kappa shape index (κ3) is 2.22. The quantitative estimate of drug-likeness (QED) is 0.642. The first-order valence-electron chi connectivity index (χ1n) is 5.79. The number of benzene rings is 1. The number of hydrogen-bond acceptors (Lipinski definition) is 3. The van der Waals surface area contributed by atoms with Crippen molar-refractivity contribution in [2.75, 3.05) is 0 Å². The van der Waals surface area contributed by atoms with Gasteiger partial charge in [0.2, 0.25) is 5.78 Å². The summed E-state index contributed by atoms with van der Waals surface area (Å²) in [5, 5.41) is 4.84. The lowest BCUT2D eigenvalue weighted by Crippen LogP contribution is -2.04. The minimum absolute atomic E-state index is 0.0398. The molecule has 94 valence electrons. The van der Waals surface area contributed by atoms with Crippen molar-refractivity contribution in [1.29, 1.82) is 0 Å². The number of fused-ring (bicyclic) bond motifs is 1. The fraction of sp³-hybridized carbons (Fsp3) is 0.0667. The summed E-state index contributed by atoms with van der Waals surface area (Å²) < 4.78 is 0.829. The maximum Gasteiger partial charge on any atom is 0.213 e. The number of carbonyl (C=O) groups excluding carboxylic acids is 1. The predicted molar refractivity (Wildman–Crippen MR) is 81.9 cm³/mol. The van der Waals surface area contributed by atoms with E-state index in [0.717, 1.165) is 20.9 Å². The third-order valence-corrected chi connectivity index (χ3v) is 4.72. The summed E-state index contributed by atoms with van der Waals surface area (Å²) in [5.41, 5.74) is 3.10. The average molecular weight is 332 g/mol. The Bertz CT molecular complexity index is 779. The molecule has 3 aromatic rings. The van der Waals surface area contributed by atoms with Gasteiger partial charge in [-0.25, -0.2) is 4.98 Å². The van der Waals surface area contributed by atoms with Crippen molar-refractivity contribution in [2.45, 2.75) is 6.92 Å². The topological polar surface area (TPSA) is 30.0 Å². The molecule has 0 atom stereocenters. The number of nitrogens with zero attached hydrogens (tertiary/aromatic N) is 1. The van der Waals surface area contributed by atoms with Gasteiger partial charge in [-0.3, -0.25) is 4.79 Å². The number of pyridine rings is 1. The van der Waals surface area contributed by atoms with Crippen molar-refractivity contribution < 1.29 is 4.79 Å². The van der Waals surface area contributed by atoms with Crippen LogP contribution < -0.4 is 0 Å². The molecule has 0 fully saturated rings. The Hall–Kier alpha value is -1.52. The molecule has 0 N–H and O–H groups in total. The molecule has 0 unspecified atom stereocenters. The minimum Gasteiger partial charge on any atom is -0.287 e. The van der Waals surface area contributed by atoms with Gasteiger partial charge in [-0.1, -0.05) is 18.2 Å². The zero-order valence-corrected chi connectivity index (χ0v) is 12.6. The van der Waals surface area contributed by atoms with Crippen molar-refractivity contribution >= 4 is 44.0 Å². The van der Waals surface area contributed by atoms with Gasteiger partial charge >= 0.3 is 0 Å². The molecule has 0 aliphatic carbocycles. The summed E-state index contributed by atoms with van der Waals surface area (Å²) >= 11 is 4.90. The number of para-hydroxylation sites is 1. The Morgan fingerprint density at radius 1 is 1.26 bits per heavy atom. The molecule has 1 aromatic carbocycles. The van der Waals surface area contributed by atoms with Gasteiger partial charge in [-0.05, 0) is 40.5 Å². The summed E-state index contributed by atoms with van der Waals surface area (Å²) in [4.78, 5) is 16.9. The van der Waals surface area contributed by atoms with Crippen molar-refractivity contribution in [3.63, 3.8) is 0 Å². The molecule has 0 aliphatic rings. The Labute approximate surface area is 123 Å². The highest BCUT2D eigenvalue weighted by Gasteiger charge is 2.16. The summed E-state index contributed by atoms with van der Waals surface area (Å²) in [6, 6.07) is 9.72. The van der Waals surface area contributed by atoms with Gasteiger partial charge < -0.3 is 0 Å². The van der Waals surface area contributed by atoms with E-state index in [2.05, 4.69) is 20.9 Å². The lowest BCUT2D eigenvalue weighted by Gasteiger charge is -2.05. The molecule has 0 saturated heterocycles. The largest absolute Gasteiger partial charge is 0.287 e. The van der Waals surface area contributed by atoms with Crippen molar-refractivity contribution in [1.82, 2.24) is 4.98 Å². The Morgan fingerprint density at radius 2 is 2.05 bits per heavy atom. The van der Waals surface area contributed by atoms with Gasteiger partial charge in [-0.15, -0.1) is 0 Å². The summed E-state index contributed by atoms with van der Waals surface area (Å²) in [7, 11) is 0. The van der Waals surface area contributed by atoms with E-state index >= 15 is 0 Å². The van der Waals surface area contributed by atoms with Crippen molar-refractivity contribution in [3.05, 3.63) is 62.4 Å². The van der Waals surface area contributed by atoms with Crippen LogP contribution in [0.4, 0.5) is 0 Å². The van der Waals surface area contributed by atoms with E-state index < -0.39 is 0 Å². The van der Waals surface area contributed by atoms with Crippen LogP contribution in [-0.4, -0.2) is 10.8 Å². The predicted octanol–water partition coefficient (Wildman–Crippen LogP) is 4.60. The molecular formula is C15H10BrNOS. The van der Waals surface area contributed by atoms with E-state index in [0.29, 0.717) is 11.3 Å². The van der Waals surface area contributed by atoms with Crippen LogP contribution in [0.2, 0.25) is 0 Å². The van der Waals surface area contributed by atoms with Gasteiger partial charge in [0.05, 0.1) is 5.52 Å². The Morgan fingerprint density at radius 3 is 2.79 bits per heavy atom. The van der Waals surface area contributed by atoms with Crippen molar-refractivity contribution in [3.8, 4) is 0 Å². The number of aryl methyl sites for hydroxylation is 1. The first kappa shape index (κ1) is 12.5. The normalized spacial score (nSPS) is 10.8. The molecule has 2 nitrogen and oxygen atoms in total. The number of halogens is 1. The van der Waals surface area contributed by atoms with Gasteiger partial charge in [0.1, 0.15) is 5.69 Å². The number of aromatic nitrogens is 1. The van der Waals surface area contributed by atoms with Crippen LogP contribution in [0.3, 0.4) is 0 Å². The van der Waals surface area contributed by atoms with E-state index in [1.165, 1.54) is 11.3 Å². The number of rotatable bonds is 2. The molecule has 0 saturated carbocycles. The average Bonchev–Trinajstić information content (AvgIpc) is 2.84. The van der Waals surface area contributed by atoms with Gasteiger partial charge in [0, 0.05) is 26.2 Å². The molecular weight excluding hydrogens is 322 g/mol. The van der Waals surface area contributed by atoms with E-state index in [-0.39, 0.29) is 5.78 Å². The second-order valence-corrected chi connectivity index (χ2v) is 5.90. The molecule has 4 heteroatoms. The maximum atomic E-state index is 12.4. The lowest BCUT2D eigenvalue weighted by atomic mass is 10.1. The highest BCUT2D eigenvalue weighted by atomic mass is 79.9. The van der Waals surface area contributed by atoms with Crippen LogP contribution in [0.5, 0.6) is 0 Å². The first-order valence-corrected chi connectivity index (χ1v) is 7.53. The second kappa shape index (κ2) is 4.87. The number of ketones is 1. The molecule has 3 rings (SSSR count).